The summed E-state index contributed by atoms with van der Waals surface area (Å²) in [6.45, 7) is 3.70. The average molecular weight is 285 g/mol. The predicted molar refractivity (Wildman–Crippen MR) is 62.4 cm³/mol. The van der Waals surface area contributed by atoms with E-state index in [4.69, 9.17) is 5.11 Å². The molecule has 0 unspecified atom stereocenters. The van der Waals surface area contributed by atoms with Gasteiger partial charge in [0.05, 0.1) is 0 Å². The second-order valence-electron chi connectivity index (χ2n) is 3.68. The standard InChI is InChI=1S/C10H14F3NO3S/c1-6(2)3-4-18-5-7(8(15)16)14-9(17)10(11,12)13/h3,7H,4-5H2,1-2H3,(H,14,17)(H,15,16)/t7-/m0/s1. The second kappa shape index (κ2) is 7.30. The molecule has 0 aliphatic heterocycles. The van der Waals surface area contributed by atoms with E-state index in [-0.39, 0.29) is 5.75 Å². The summed E-state index contributed by atoms with van der Waals surface area (Å²) in [7, 11) is 0. The van der Waals surface area contributed by atoms with Gasteiger partial charge in [-0.1, -0.05) is 11.6 Å². The first-order valence-electron chi connectivity index (χ1n) is 4.96. The molecular weight excluding hydrogens is 271 g/mol. The number of carboxylic acid groups (broad SMARTS) is 1. The number of nitrogens with one attached hydrogen (secondary N) is 1. The maximum absolute atomic E-state index is 11.9. The van der Waals surface area contributed by atoms with Crippen molar-refractivity contribution < 1.29 is 27.9 Å². The molecule has 0 aliphatic carbocycles. The van der Waals surface area contributed by atoms with Gasteiger partial charge < -0.3 is 10.4 Å². The number of thioether (sulfide) groups is 1. The van der Waals surface area contributed by atoms with E-state index in [9.17, 15) is 22.8 Å². The lowest BCUT2D eigenvalue weighted by atomic mass is 10.3. The summed E-state index contributed by atoms with van der Waals surface area (Å²) in [4.78, 5) is 21.3. The Morgan fingerprint density at radius 3 is 2.33 bits per heavy atom. The van der Waals surface area contributed by atoms with Crippen molar-refractivity contribution >= 4 is 23.6 Å². The Morgan fingerprint density at radius 2 is 1.94 bits per heavy atom. The summed E-state index contributed by atoms with van der Waals surface area (Å²) in [6.07, 6.45) is -3.26. The summed E-state index contributed by atoms with van der Waals surface area (Å²) in [6, 6.07) is -1.55. The van der Waals surface area contributed by atoms with Crippen LogP contribution in [0.3, 0.4) is 0 Å². The fourth-order valence-electron chi connectivity index (χ4n) is 0.826. The minimum atomic E-state index is -5.07. The van der Waals surface area contributed by atoms with Gasteiger partial charge in [-0.2, -0.15) is 24.9 Å². The zero-order valence-electron chi connectivity index (χ0n) is 9.87. The highest BCUT2D eigenvalue weighted by atomic mass is 32.2. The van der Waals surface area contributed by atoms with Crippen molar-refractivity contribution in [3.63, 3.8) is 0 Å². The van der Waals surface area contributed by atoms with Crippen molar-refractivity contribution in [2.24, 2.45) is 0 Å². The van der Waals surface area contributed by atoms with E-state index in [0.29, 0.717) is 5.75 Å². The van der Waals surface area contributed by atoms with Gasteiger partial charge in [0.2, 0.25) is 0 Å². The maximum atomic E-state index is 11.9. The molecule has 18 heavy (non-hydrogen) atoms. The third kappa shape index (κ3) is 7.21. The number of carboxylic acids is 1. The third-order valence-corrected chi connectivity index (χ3v) is 2.73. The molecule has 1 atom stereocenters. The fourth-order valence-corrected chi connectivity index (χ4v) is 1.88. The number of aliphatic carboxylic acids is 1. The molecule has 0 saturated heterocycles. The van der Waals surface area contributed by atoms with Gasteiger partial charge in [-0.3, -0.25) is 4.79 Å². The second-order valence-corrected chi connectivity index (χ2v) is 4.76. The molecule has 2 N–H and O–H groups in total. The summed E-state index contributed by atoms with van der Waals surface area (Å²) < 4.78 is 35.8. The summed E-state index contributed by atoms with van der Waals surface area (Å²) >= 11 is 1.13. The Morgan fingerprint density at radius 1 is 1.39 bits per heavy atom. The normalized spacial score (nSPS) is 12.7. The van der Waals surface area contributed by atoms with E-state index in [2.05, 4.69) is 0 Å². The van der Waals surface area contributed by atoms with Crippen LogP contribution in [0.15, 0.2) is 11.6 Å². The lowest BCUT2D eigenvalue weighted by molar-refractivity contribution is -0.175. The highest BCUT2D eigenvalue weighted by Crippen LogP contribution is 2.15. The van der Waals surface area contributed by atoms with E-state index in [1.807, 2.05) is 19.9 Å². The molecular formula is C10H14F3NO3S. The maximum Gasteiger partial charge on any atom is 0.471 e. The van der Waals surface area contributed by atoms with Crippen molar-refractivity contribution in [3.8, 4) is 0 Å². The van der Waals surface area contributed by atoms with E-state index in [0.717, 1.165) is 17.3 Å². The predicted octanol–water partition coefficient (Wildman–Crippen LogP) is 1.82. The van der Waals surface area contributed by atoms with Crippen molar-refractivity contribution in [1.29, 1.82) is 0 Å². The highest BCUT2D eigenvalue weighted by Gasteiger charge is 2.40. The molecule has 1 amide bonds. The van der Waals surface area contributed by atoms with Gasteiger partial charge in [0.25, 0.3) is 0 Å². The first kappa shape index (κ1) is 16.8. The van der Waals surface area contributed by atoms with Gasteiger partial charge >= 0.3 is 18.1 Å². The van der Waals surface area contributed by atoms with Gasteiger partial charge in [0.1, 0.15) is 6.04 Å². The Labute approximate surface area is 107 Å². The van der Waals surface area contributed by atoms with Crippen molar-refractivity contribution in [3.05, 3.63) is 11.6 Å². The van der Waals surface area contributed by atoms with E-state index in [1.165, 1.54) is 5.32 Å². The molecule has 0 heterocycles. The number of carbonyl (C=O) groups is 2. The summed E-state index contributed by atoms with van der Waals surface area (Å²) in [5.41, 5.74) is 1.02. The molecule has 0 fully saturated rings. The Balaban J connectivity index is 4.29. The lowest BCUT2D eigenvalue weighted by Gasteiger charge is -2.14. The molecule has 0 radical (unpaired) electrons. The molecule has 0 saturated carbocycles. The molecule has 0 spiro atoms. The molecule has 104 valence electrons. The topological polar surface area (TPSA) is 66.4 Å². The average Bonchev–Trinajstić information content (AvgIpc) is 2.19. The van der Waals surface area contributed by atoms with Crippen LogP contribution in [-0.4, -0.2) is 40.7 Å². The molecule has 0 aromatic carbocycles. The van der Waals surface area contributed by atoms with Gasteiger partial charge in [0.15, 0.2) is 0 Å². The largest absolute Gasteiger partial charge is 0.480 e. The zero-order chi connectivity index (χ0) is 14.3. The van der Waals surface area contributed by atoms with Crippen LogP contribution in [0.1, 0.15) is 13.8 Å². The number of halogens is 3. The molecule has 0 aromatic heterocycles. The van der Waals surface area contributed by atoms with Gasteiger partial charge in [-0.15, -0.1) is 0 Å². The van der Waals surface area contributed by atoms with E-state index >= 15 is 0 Å². The minimum Gasteiger partial charge on any atom is -0.480 e. The van der Waals surface area contributed by atoms with Crippen molar-refractivity contribution in [2.75, 3.05) is 11.5 Å². The summed E-state index contributed by atoms with van der Waals surface area (Å²) in [5.74, 6) is -3.37. The molecule has 0 rings (SSSR count). The lowest BCUT2D eigenvalue weighted by Crippen LogP contribution is -2.48. The van der Waals surface area contributed by atoms with Gasteiger partial charge in [-0.25, -0.2) is 4.79 Å². The Kier molecular flexibility index (Phi) is 6.82. The van der Waals surface area contributed by atoms with Crippen LogP contribution in [0, 0.1) is 0 Å². The van der Waals surface area contributed by atoms with Crippen LogP contribution in [-0.2, 0) is 9.59 Å². The van der Waals surface area contributed by atoms with Crippen LogP contribution in [0.5, 0.6) is 0 Å². The number of carbonyl (C=O) groups excluding carboxylic acids is 1. The quantitative estimate of drug-likeness (QED) is 0.577. The highest BCUT2D eigenvalue weighted by molar-refractivity contribution is 7.99. The smallest absolute Gasteiger partial charge is 0.471 e. The number of amides is 1. The van der Waals surface area contributed by atoms with Crippen LogP contribution >= 0.6 is 11.8 Å². The van der Waals surface area contributed by atoms with Crippen LogP contribution < -0.4 is 5.32 Å². The third-order valence-electron chi connectivity index (χ3n) is 1.75. The monoisotopic (exact) mass is 285 g/mol. The number of allylic oxidation sites excluding steroid dienone is 1. The number of hydrogen-bond donors (Lipinski definition) is 2. The number of rotatable bonds is 6. The summed E-state index contributed by atoms with van der Waals surface area (Å²) in [5, 5.41) is 10.1. The first-order chi connectivity index (χ1) is 8.14. The SMILES string of the molecule is CC(C)=CCSC[C@H](NC(=O)C(F)(F)F)C(=O)O. The van der Waals surface area contributed by atoms with E-state index in [1.54, 1.807) is 0 Å². The Hall–Kier alpha value is -1.18. The van der Waals surface area contributed by atoms with Crippen molar-refractivity contribution in [2.45, 2.75) is 26.1 Å². The number of hydrogen-bond acceptors (Lipinski definition) is 3. The molecule has 0 aromatic rings. The zero-order valence-corrected chi connectivity index (χ0v) is 10.7. The molecule has 0 bridgehead atoms. The van der Waals surface area contributed by atoms with Gasteiger partial charge in [0, 0.05) is 11.5 Å². The number of alkyl halides is 3. The fraction of sp³-hybridized carbons (Fsp3) is 0.600. The molecule has 0 aliphatic rings. The molecule has 8 heteroatoms. The first-order valence-corrected chi connectivity index (χ1v) is 6.11. The van der Waals surface area contributed by atoms with Crippen LogP contribution in [0.4, 0.5) is 13.2 Å². The van der Waals surface area contributed by atoms with Crippen LogP contribution in [0.2, 0.25) is 0 Å². The Bertz CT molecular complexity index is 338. The van der Waals surface area contributed by atoms with Crippen molar-refractivity contribution in [1.82, 2.24) is 5.32 Å². The van der Waals surface area contributed by atoms with E-state index < -0.39 is 24.1 Å². The minimum absolute atomic E-state index is 0.124. The molecule has 4 nitrogen and oxygen atoms in total. The van der Waals surface area contributed by atoms with Gasteiger partial charge in [-0.05, 0) is 13.8 Å². The van der Waals surface area contributed by atoms with Crippen LogP contribution in [0.25, 0.3) is 0 Å².